The molecule has 2 saturated heterocycles. The van der Waals surface area contributed by atoms with Crippen LogP contribution >= 0.6 is 0 Å². The number of allylic oxidation sites excluding steroid dienone is 1. The molecule has 7 heteroatoms. The van der Waals surface area contributed by atoms with Gasteiger partial charge < -0.3 is 19.7 Å². The van der Waals surface area contributed by atoms with Crippen LogP contribution in [0.2, 0.25) is 0 Å². The van der Waals surface area contributed by atoms with E-state index in [1.165, 1.54) is 5.56 Å². The smallest absolute Gasteiger partial charge is 0.255 e. The normalized spacial score (nSPS) is 21.2. The molecule has 2 aromatic rings. The zero-order valence-corrected chi connectivity index (χ0v) is 18.7. The maximum Gasteiger partial charge on any atom is 0.255 e. The van der Waals surface area contributed by atoms with Gasteiger partial charge in [-0.15, -0.1) is 0 Å². The van der Waals surface area contributed by atoms with Gasteiger partial charge in [-0.25, -0.2) is 0 Å². The lowest BCUT2D eigenvalue weighted by molar-refractivity contribution is -0.126. The van der Waals surface area contributed by atoms with Gasteiger partial charge in [0.05, 0.1) is 19.8 Å². The average molecular weight is 448 g/mol. The highest BCUT2D eigenvalue weighted by atomic mass is 16.5. The number of nitrogens with zero attached hydrogens (tertiary/aromatic N) is 2. The minimum absolute atomic E-state index is 0.115. The number of benzene rings is 2. The van der Waals surface area contributed by atoms with Crippen LogP contribution in [0.4, 0.5) is 0 Å². The molecule has 5 rings (SSSR count). The first-order chi connectivity index (χ1) is 16.1. The Morgan fingerprint density at radius 2 is 1.82 bits per heavy atom. The van der Waals surface area contributed by atoms with Gasteiger partial charge in [0.25, 0.3) is 5.91 Å². The van der Waals surface area contributed by atoms with E-state index in [0.717, 1.165) is 44.0 Å². The van der Waals surface area contributed by atoms with E-state index in [2.05, 4.69) is 41.1 Å². The summed E-state index contributed by atoms with van der Waals surface area (Å²) in [5.74, 6) is 0.420. The number of morpholine rings is 1. The molecule has 0 spiro atoms. The fourth-order valence-electron chi connectivity index (χ4n) is 4.69. The maximum atomic E-state index is 13.0. The third-order valence-corrected chi connectivity index (χ3v) is 6.58. The molecule has 0 bridgehead atoms. The summed E-state index contributed by atoms with van der Waals surface area (Å²) >= 11 is 0. The molecule has 1 atom stereocenters. The van der Waals surface area contributed by atoms with E-state index in [1.54, 1.807) is 4.90 Å². The lowest BCUT2D eigenvalue weighted by Crippen LogP contribution is -2.49. The minimum atomic E-state index is -0.470. The van der Waals surface area contributed by atoms with Gasteiger partial charge in [-0.3, -0.25) is 14.5 Å². The van der Waals surface area contributed by atoms with Crippen LogP contribution in [-0.4, -0.2) is 54.0 Å². The standard InChI is InChI=1S/C26H29N3O4/c1-18-5-10-23(25(30)27-18)29-16-22-21(26(29)31)3-2-4-24(22)33-17-20-8-6-19(7-9-20)15-28-11-13-32-14-12-28/h2-4,6-9,23H,1,5,10-17H2,(H,27,30). The Balaban J connectivity index is 1.23. The van der Waals surface area contributed by atoms with E-state index < -0.39 is 6.04 Å². The number of ether oxygens (including phenoxy) is 2. The Bertz CT molecular complexity index is 1060. The number of hydrogen-bond donors (Lipinski definition) is 1. The van der Waals surface area contributed by atoms with E-state index in [1.807, 2.05) is 18.2 Å². The van der Waals surface area contributed by atoms with Crippen LogP contribution in [0.3, 0.4) is 0 Å². The van der Waals surface area contributed by atoms with Crippen molar-refractivity contribution in [1.82, 2.24) is 15.1 Å². The van der Waals surface area contributed by atoms with Crippen molar-refractivity contribution in [2.24, 2.45) is 0 Å². The fraction of sp³-hybridized carbons (Fsp3) is 0.385. The third kappa shape index (κ3) is 4.65. The van der Waals surface area contributed by atoms with Crippen molar-refractivity contribution in [3.63, 3.8) is 0 Å². The lowest BCUT2D eigenvalue weighted by atomic mass is 10.0. The molecule has 2 aromatic carbocycles. The molecule has 3 aliphatic heterocycles. The third-order valence-electron chi connectivity index (χ3n) is 6.58. The molecule has 33 heavy (non-hydrogen) atoms. The quantitative estimate of drug-likeness (QED) is 0.738. The Morgan fingerprint density at radius 1 is 1.06 bits per heavy atom. The van der Waals surface area contributed by atoms with Crippen LogP contribution in [0, 0.1) is 0 Å². The van der Waals surface area contributed by atoms with Gasteiger partial charge in [0.1, 0.15) is 18.4 Å². The summed E-state index contributed by atoms with van der Waals surface area (Å²) in [6.45, 7) is 9.09. The largest absolute Gasteiger partial charge is 0.489 e. The van der Waals surface area contributed by atoms with Gasteiger partial charge in [0.2, 0.25) is 5.91 Å². The second-order valence-corrected chi connectivity index (χ2v) is 8.86. The number of carbonyl (C=O) groups is 2. The summed E-state index contributed by atoms with van der Waals surface area (Å²) in [4.78, 5) is 29.5. The first-order valence-corrected chi connectivity index (χ1v) is 11.5. The molecule has 7 nitrogen and oxygen atoms in total. The van der Waals surface area contributed by atoms with Gasteiger partial charge in [-0.05, 0) is 36.1 Å². The summed E-state index contributed by atoms with van der Waals surface area (Å²) in [6, 6.07) is 13.5. The van der Waals surface area contributed by atoms with Crippen LogP contribution in [-0.2, 0) is 29.2 Å². The highest BCUT2D eigenvalue weighted by Crippen LogP contribution is 2.34. The fourth-order valence-corrected chi connectivity index (χ4v) is 4.69. The van der Waals surface area contributed by atoms with Gasteiger partial charge in [0, 0.05) is 36.5 Å². The van der Waals surface area contributed by atoms with Gasteiger partial charge >= 0.3 is 0 Å². The summed E-state index contributed by atoms with van der Waals surface area (Å²) in [5, 5.41) is 2.78. The second-order valence-electron chi connectivity index (χ2n) is 8.86. The number of piperidine rings is 1. The number of fused-ring (bicyclic) bond motifs is 1. The Labute approximate surface area is 194 Å². The van der Waals surface area contributed by atoms with Crippen LogP contribution in [0.15, 0.2) is 54.7 Å². The zero-order valence-electron chi connectivity index (χ0n) is 18.7. The van der Waals surface area contributed by atoms with E-state index in [-0.39, 0.29) is 11.8 Å². The van der Waals surface area contributed by atoms with Gasteiger partial charge in [-0.1, -0.05) is 36.9 Å². The Kier molecular flexibility index (Phi) is 6.15. The average Bonchev–Trinajstić information content (AvgIpc) is 3.16. The zero-order chi connectivity index (χ0) is 22.8. The van der Waals surface area contributed by atoms with E-state index in [9.17, 15) is 9.59 Å². The molecule has 1 N–H and O–H groups in total. The van der Waals surface area contributed by atoms with Crippen molar-refractivity contribution in [2.45, 2.75) is 38.6 Å². The van der Waals surface area contributed by atoms with Crippen LogP contribution in [0.25, 0.3) is 0 Å². The Morgan fingerprint density at radius 3 is 2.58 bits per heavy atom. The minimum Gasteiger partial charge on any atom is -0.489 e. The molecule has 3 aliphatic rings. The molecule has 2 amide bonds. The predicted octanol–water partition coefficient (Wildman–Crippen LogP) is 2.85. The monoisotopic (exact) mass is 447 g/mol. The van der Waals surface area contributed by atoms with Gasteiger partial charge in [-0.2, -0.15) is 0 Å². The molecular formula is C26H29N3O4. The molecule has 1 unspecified atom stereocenters. The summed E-state index contributed by atoms with van der Waals surface area (Å²) in [6.07, 6.45) is 1.28. The summed E-state index contributed by atoms with van der Waals surface area (Å²) in [5.41, 5.74) is 4.52. The molecule has 172 valence electrons. The molecule has 3 heterocycles. The van der Waals surface area contributed by atoms with E-state index >= 15 is 0 Å². The van der Waals surface area contributed by atoms with Gasteiger partial charge in [0.15, 0.2) is 0 Å². The SMILES string of the molecule is C=C1CCC(N2Cc3c(OCc4ccc(CN5CCOCC5)cc4)cccc3C2=O)C(=O)N1. The van der Waals surface area contributed by atoms with Crippen molar-refractivity contribution >= 4 is 11.8 Å². The molecule has 2 fully saturated rings. The van der Waals surface area contributed by atoms with Crippen molar-refractivity contribution in [3.05, 3.63) is 77.0 Å². The Hall–Kier alpha value is -3.16. The number of rotatable bonds is 6. The van der Waals surface area contributed by atoms with Crippen molar-refractivity contribution in [3.8, 4) is 5.75 Å². The molecular weight excluding hydrogens is 418 g/mol. The number of nitrogens with one attached hydrogen (secondary N) is 1. The van der Waals surface area contributed by atoms with Crippen molar-refractivity contribution in [2.75, 3.05) is 26.3 Å². The second kappa shape index (κ2) is 9.37. The van der Waals surface area contributed by atoms with E-state index in [4.69, 9.17) is 9.47 Å². The van der Waals surface area contributed by atoms with Crippen molar-refractivity contribution in [1.29, 1.82) is 0 Å². The maximum absolute atomic E-state index is 13.0. The van der Waals surface area contributed by atoms with Crippen LogP contribution in [0.1, 0.15) is 39.9 Å². The molecule has 0 saturated carbocycles. The van der Waals surface area contributed by atoms with Crippen LogP contribution in [0.5, 0.6) is 5.75 Å². The number of hydrogen-bond acceptors (Lipinski definition) is 5. The molecule has 0 aromatic heterocycles. The molecule has 0 radical (unpaired) electrons. The summed E-state index contributed by atoms with van der Waals surface area (Å²) in [7, 11) is 0. The van der Waals surface area contributed by atoms with Crippen LogP contribution < -0.4 is 10.1 Å². The first kappa shape index (κ1) is 21.7. The van der Waals surface area contributed by atoms with E-state index in [0.29, 0.717) is 43.0 Å². The topological polar surface area (TPSA) is 71.1 Å². The van der Waals surface area contributed by atoms with Crippen molar-refractivity contribution < 1.29 is 19.1 Å². The lowest BCUT2D eigenvalue weighted by Gasteiger charge is -2.31. The highest BCUT2D eigenvalue weighted by molar-refractivity contribution is 6.02. The highest BCUT2D eigenvalue weighted by Gasteiger charge is 2.39. The molecule has 0 aliphatic carbocycles. The number of carbonyl (C=O) groups excluding carboxylic acids is 2. The predicted molar refractivity (Wildman–Crippen MR) is 123 cm³/mol. The number of amides is 2. The first-order valence-electron chi connectivity index (χ1n) is 11.5. The summed E-state index contributed by atoms with van der Waals surface area (Å²) < 4.78 is 11.5.